The van der Waals surface area contributed by atoms with E-state index < -0.39 is 29.7 Å². The minimum atomic E-state index is -1.14. The summed E-state index contributed by atoms with van der Waals surface area (Å²) in [6.07, 6.45) is 6.61. The number of halogens is 1. The highest BCUT2D eigenvalue weighted by molar-refractivity contribution is 6.43. The Labute approximate surface area is 263 Å². The summed E-state index contributed by atoms with van der Waals surface area (Å²) < 4.78 is 0. The number of piperazine rings is 1. The molecule has 0 bridgehead atoms. The van der Waals surface area contributed by atoms with Gasteiger partial charge in [-0.05, 0) is 68.0 Å². The molecule has 0 unspecified atom stereocenters. The summed E-state index contributed by atoms with van der Waals surface area (Å²) in [6, 6.07) is 11.8. The molecule has 1 fully saturated rings. The number of Topliss-reactive ketones (excluding diaryl/α,β-unsaturated/α-hetero) is 1. The van der Waals surface area contributed by atoms with Gasteiger partial charge < -0.3 is 25.8 Å². The first-order chi connectivity index (χ1) is 21.1. The van der Waals surface area contributed by atoms with Crippen LogP contribution >= 0.6 is 11.6 Å². The van der Waals surface area contributed by atoms with Crippen LogP contribution in [0.1, 0.15) is 52.4 Å². The fourth-order valence-electron chi connectivity index (χ4n) is 5.31. The zero-order chi connectivity index (χ0) is 31.6. The van der Waals surface area contributed by atoms with Gasteiger partial charge >= 0.3 is 0 Å². The van der Waals surface area contributed by atoms with Crippen molar-refractivity contribution < 1.29 is 24.0 Å². The van der Waals surface area contributed by atoms with Crippen LogP contribution in [0.3, 0.4) is 0 Å². The fraction of sp³-hybridized carbons (Fsp3) is 0.424. The van der Waals surface area contributed by atoms with E-state index in [1.807, 2.05) is 37.0 Å². The van der Waals surface area contributed by atoms with Gasteiger partial charge in [-0.1, -0.05) is 49.7 Å². The van der Waals surface area contributed by atoms with Crippen LogP contribution in [-0.2, 0) is 24.0 Å². The molecule has 44 heavy (non-hydrogen) atoms. The number of ketones is 1. The van der Waals surface area contributed by atoms with E-state index in [0.29, 0.717) is 49.5 Å². The Kier molecular flexibility index (Phi) is 11.5. The predicted molar refractivity (Wildman–Crippen MR) is 171 cm³/mol. The highest BCUT2D eigenvalue weighted by Crippen LogP contribution is 2.25. The smallest absolute Gasteiger partial charge is 0.294 e. The summed E-state index contributed by atoms with van der Waals surface area (Å²) in [5, 5.41) is 8.79. The highest BCUT2D eigenvalue weighted by atomic mass is 35.5. The van der Waals surface area contributed by atoms with Crippen LogP contribution in [0.5, 0.6) is 0 Å². The van der Waals surface area contributed by atoms with E-state index in [9.17, 15) is 24.0 Å². The molecule has 1 saturated heterocycles. The Morgan fingerprint density at radius 3 is 2.36 bits per heavy atom. The molecule has 2 aromatic carbocycles. The molecular formula is C33H40ClN5O5. The quantitative estimate of drug-likeness (QED) is 0.332. The van der Waals surface area contributed by atoms with Crippen LogP contribution < -0.4 is 20.9 Å². The van der Waals surface area contributed by atoms with Crippen LogP contribution in [0.4, 0.5) is 17.1 Å². The van der Waals surface area contributed by atoms with Gasteiger partial charge in [-0.3, -0.25) is 24.0 Å². The van der Waals surface area contributed by atoms with E-state index in [4.69, 9.17) is 11.6 Å². The summed E-state index contributed by atoms with van der Waals surface area (Å²) in [4.78, 5) is 69.7. The molecule has 3 N–H and O–H groups in total. The normalized spacial score (nSPS) is 21.0. The molecule has 2 atom stereocenters. The zero-order valence-electron chi connectivity index (χ0n) is 25.2. The number of benzene rings is 2. The third-order valence-electron chi connectivity index (χ3n) is 7.65. The Balaban J connectivity index is 1.58. The number of carbonyl (C=O) groups excluding carboxylic acids is 5. The number of nitrogens with one attached hydrogen (secondary N) is 3. The minimum absolute atomic E-state index is 0.0355. The van der Waals surface area contributed by atoms with E-state index >= 15 is 0 Å². The fourth-order valence-corrected chi connectivity index (χ4v) is 5.43. The first-order valence-electron chi connectivity index (χ1n) is 15.1. The second-order valence-corrected chi connectivity index (χ2v) is 12.0. The maximum Gasteiger partial charge on any atom is 0.294 e. The van der Waals surface area contributed by atoms with E-state index in [-0.39, 0.29) is 36.4 Å². The van der Waals surface area contributed by atoms with Crippen molar-refractivity contribution in [3.63, 3.8) is 0 Å². The molecule has 11 heteroatoms. The number of rotatable bonds is 5. The van der Waals surface area contributed by atoms with Crippen LogP contribution in [0.15, 0.2) is 60.7 Å². The van der Waals surface area contributed by atoms with Crippen molar-refractivity contribution in [2.45, 2.75) is 64.5 Å². The van der Waals surface area contributed by atoms with Gasteiger partial charge in [0.1, 0.15) is 12.1 Å². The van der Waals surface area contributed by atoms with E-state index in [0.717, 1.165) is 12.1 Å². The van der Waals surface area contributed by atoms with Gasteiger partial charge in [0.25, 0.3) is 5.91 Å². The molecule has 2 aromatic rings. The number of hydrogen-bond donors (Lipinski definition) is 3. The monoisotopic (exact) mass is 621 g/mol. The third-order valence-corrected chi connectivity index (χ3v) is 7.90. The Hall–Kier alpha value is -4.18. The molecule has 4 rings (SSSR count). The first-order valence-corrected chi connectivity index (χ1v) is 15.5. The van der Waals surface area contributed by atoms with E-state index in [1.165, 1.54) is 0 Å². The number of para-hydroxylation sites is 2. The maximum absolute atomic E-state index is 13.9. The van der Waals surface area contributed by atoms with Gasteiger partial charge in [-0.15, -0.1) is 0 Å². The summed E-state index contributed by atoms with van der Waals surface area (Å²) in [7, 11) is 0. The molecule has 0 aliphatic carbocycles. The standard InChI is InChI=1S/C33H40ClN5O5/c1-22(2)20-30(41)38-18-19-39(24-16-14-23(34)15-17-24)28(21-38)32(43)37-27-12-6-4-3-5-7-13-29(40)35-25-10-8-9-11-26(25)36-33(44)31(27)42/h4,6,8-11,14-17,22,27-28H,3,5,7,12-13,18-21H2,1-2H3,(H,35,40)(H,36,44)(H,37,43)/b6-4+/t27-,28-/m1/s1. The molecule has 234 valence electrons. The molecule has 0 radical (unpaired) electrons. The molecular weight excluding hydrogens is 582 g/mol. The summed E-state index contributed by atoms with van der Waals surface area (Å²) in [6.45, 7) is 4.93. The van der Waals surface area contributed by atoms with Crippen LogP contribution in [-0.4, -0.2) is 66.0 Å². The zero-order valence-corrected chi connectivity index (χ0v) is 25.9. The number of hydrogen-bond acceptors (Lipinski definition) is 6. The van der Waals surface area contributed by atoms with Gasteiger partial charge in [0.15, 0.2) is 0 Å². The number of fused-ring (bicyclic) bond motifs is 1. The van der Waals surface area contributed by atoms with Crippen molar-refractivity contribution in [1.29, 1.82) is 0 Å². The Morgan fingerprint density at radius 1 is 0.955 bits per heavy atom. The lowest BCUT2D eigenvalue weighted by Gasteiger charge is -2.42. The molecule has 2 heterocycles. The molecule has 0 saturated carbocycles. The molecule has 2 aliphatic rings. The van der Waals surface area contributed by atoms with Crippen molar-refractivity contribution in [3.05, 3.63) is 65.7 Å². The second kappa shape index (κ2) is 15.5. The van der Waals surface area contributed by atoms with Gasteiger partial charge in [-0.25, -0.2) is 0 Å². The third kappa shape index (κ3) is 8.92. The Bertz CT molecular complexity index is 1390. The number of amides is 4. The number of nitrogens with zero attached hydrogens (tertiary/aromatic N) is 2. The summed E-state index contributed by atoms with van der Waals surface area (Å²) >= 11 is 6.11. The second-order valence-electron chi connectivity index (χ2n) is 11.5. The van der Waals surface area contributed by atoms with Crippen LogP contribution in [0.2, 0.25) is 5.02 Å². The lowest BCUT2D eigenvalue weighted by atomic mass is 10.0. The predicted octanol–water partition coefficient (Wildman–Crippen LogP) is 4.55. The van der Waals surface area contributed by atoms with E-state index in [2.05, 4.69) is 16.0 Å². The van der Waals surface area contributed by atoms with Crippen molar-refractivity contribution >= 4 is 58.1 Å². The Morgan fingerprint density at radius 2 is 1.66 bits per heavy atom. The molecule has 0 aromatic heterocycles. The molecule has 10 nitrogen and oxygen atoms in total. The molecule has 2 aliphatic heterocycles. The van der Waals surface area contributed by atoms with E-state index in [1.54, 1.807) is 47.4 Å². The number of carbonyl (C=O) groups is 5. The topological polar surface area (TPSA) is 128 Å². The van der Waals surface area contributed by atoms with Crippen molar-refractivity contribution in [2.75, 3.05) is 35.2 Å². The average Bonchev–Trinajstić information content (AvgIpc) is 3.00. The van der Waals surface area contributed by atoms with Gasteiger partial charge in [0.2, 0.25) is 23.5 Å². The maximum atomic E-state index is 13.9. The van der Waals surface area contributed by atoms with Gasteiger partial charge in [0.05, 0.1) is 17.9 Å². The van der Waals surface area contributed by atoms with Crippen molar-refractivity contribution in [1.82, 2.24) is 10.2 Å². The SMILES string of the molecule is CC(C)CC(=O)N1CCN(c2ccc(Cl)cc2)[C@@H](C(=O)N[C@@H]2C/C=C/CCCCC(=O)Nc3ccccc3NC(=O)C2=O)C1. The summed E-state index contributed by atoms with van der Waals surface area (Å²) in [5.74, 6) is -2.24. The van der Waals surface area contributed by atoms with Crippen LogP contribution in [0.25, 0.3) is 0 Å². The average molecular weight is 622 g/mol. The lowest BCUT2D eigenvalue weighted by molar-refractivity contribution is -0.138. The highest BCUT2D eigenvalue weighted by Gasteiger charge is 2.37. The molecule has 0 spiro atoms. The van der Waals surface area contributed by atoms with Crippen LogP contribution in [0, 0.1) is 5.92 Å². The van der Waals surface area contributed by atoms with Crippen molar-refractivity contribution in [2.24, 2.45) is 5.92 Å². The lowest BCUT2D eigenvalue weighted by Crippen LogP contribution is -2.62. The largest absolute Gasteiger partial charge is 0.356 e. The molecule has 4 amide bonds. The first kappa shape index (κ1) is 32.7. The van der Waals surface area contributed by atoms with Gasteiger partial charge in [0, 0.05) is 36.6 Å². The van der Waals surface area contributed by atoms with Gasteiger partial charge in [-0.2, -0.15) is 0 Å². The van der Waals surface area contributed by atoms with Crippen molar-refractivity contribution in [3.8, 4) is 0 Å². The summed E-state index contributed by atoms with van der Waals surface area (Å²) in [5.41, 5.74) is 1.43. The number of allylic oxidation sites excluding steroid dienone is 1. The minimum Gasteiger partial charge on any atom is -0.356 e. The number of anilines is 3.